The van der Waals surface area contributed by atoms with Crippen molar-refractivity contribution in [3.63, 3.8) is 0 Å². The van der Waals surface area contributed by atoms with Gasteiger partial charge in [-0.1, -0.05) is 50.1 Å². The lowest BCUT2D eigenvalue weighted by atomic mass is 10.1. The number of carbonyl (C=O) groups excluding carboxylic acids is 1. The van der Waals surface area contributed by atoms with Crippen LogP contribution < -0.4 is 10.1 Å². The first-order valence-electron chi connectivity index (χ1n) is 9.55. The lowest BCUT2D eigenvalue weighted by Crippen LogP contribution is -2.12. The number of ketones is 1. The molecule has 2 aromatic carbocycles. The Morgan fingerprint density at radius 2 is 1.83 bits per heavy atom. The molecule has 6 heteroatoms. The topological polar surface area (TPSA) is 84.9 Å². The minimum absolute atomic E-state index is 0.0440. The number of ether oxygens (including phenoxy) is 2. The van der Waals surface area contributed by atoms with E-state index in [1.54, 1.807) is 36.4 Å². The number of carbonyl (C=O) groups is 2. The zero-order valence-corrected chi connectivity index (χ0v) is 16.2. The van der Waals surface area contributed by atoms with E-state index in [9.17, 15) is 14.7 Å². The maximum absolute atomic E-state index is 12.5. The van der Waals surface area contributed by atoms with Crippen LogP contribution >= 0.6 is 0 Å². The summed E-state index contributed by atoms with van der Waals surface area (Å²) in [6.45, 7) is 2.80. The predicted octanol–water partition coefficient (Wildman–Crippen LogP) is 4.60. The first-order valence-corrected chi connectivity index (χ1v) is 9.55. The average molecular weight is 393 g/mol. The van der Waals surface area contributed by atoms with E-state index in [4.69, 9.17) is 9.47 Å². The zero-order valence-electron chi connectivity index (χ0n) is 16.2. The fourth-order valence-electron chi connectivity index (χ4n) is 2.82. The third-order valence-electron chi connectivity index (χ3n) is 4.33. The molecule has 0 saturated carbocycles. The summed E-state index contributed by atoms with van der Waals surface area (Å²) in [5, 5.41) is 12.3. The van der Waals surface area contributed by atoms with Gasteiger partial charge in [-0.2, -0.15) is 0 Å². The summed E-state index contributed by atoms with van der Waals surface area (Å²) in [4.78, 5) is 24.1. The number of nitrogens with one attached hydrogen (secondary N) is 1. The van der Waals surface area contributed by atoms with Gasteiger partial charge < -0.3 is 19.9 Å². The molecular formula is C23H23NO5. The number of anilines is 1. The fraction of sp³-hybridized carbons (Fsp3) is 0.217. The molecule has 0 atom stereocenters. The highest BCUT2D eigenvalue weighted by molar-refractivity contribution is 6.26. The molecule has 0 aliphatic carbocycles. The number of hydrogen-bond acceptors (Lipinski definition) is 5. The van der Waals surface area contributed by atoms with Gasteiger partial charge in [0.15, 0.2) is 11.3 Å². The number of rotatable bonds is 9. The summed E-state index contributed by atoms with van der Waals surface area (Å²) in [7, 11) is 0. The number of Topliss-reactive ketones (excluding diaryl/α,β-unsaturated/α-hetero) is 1. The summed E-state index contributed by atoms with van der Waals surface area (Å²) in [6, 6.07) is 16.1. The second kappa shape index (κ2) is 9.59. The lowest BCUT2D eigenvalue weighted by Gasteiger charge is -2.08. The van der Waals surface area contributed by atoms with Crippen LogP contribution in [-0.4, -0.2) is 23.5 Å². The molecule has 1 aliphatic heterocycles. The van der Waals surface area contributed by atoms with Crippen LogP contribution in [0.5, 0.6) is 5.75 Å². The molecule has 150 valence electrons. The van der Waals surface area contributed by atoms with Crippen LogP contribution in [0.3, 0.4) is 0 Å². The predicted molar refractivity (Wildman–Crippen MR) is 110 cm³/mol. The minimum Gasteiger partial charge on any atom is -0.494 e. The Balaban J connectivity index is 1.72. The number of unbranched alkanes of at least 4 members (excludes halogenated alkanes) is 2. The molecule has 6 nitrogen and oxygen atoms in total. The molecule has 29 heavy (non-hydrogen) atoms. The molecule has 3 rings (SSSR count). The van der Waals surface area contributed by atoms with E-state index < -0.39 is 17.3 Å². The highest BCUT2D eigenvalue weighted by Gasteiger charge is 2.35. The molecule has 1 aliphatic rings. The van der Waals surface area contributed by atoms with E-state index in [-0.39, 0.29) is 11.6 Å². The summed E-state index contributed by atoms with van der Waals surface area (Å²) in [5.41, 5.74) is 0.913. The molecular weight excluding hydrogens is 370 g/mol. The zero-order chi connectivity index (χ0) is 20.6. The molecule has 0 amide bonds. The molecule has 0 saturated heterocycles. The highest BCUT2D eigenvalue weighted by Crippen LogP contribution is 2.28. The van der Waals surface area contributed by atoms with Crippen LogP contribution in [0.4, 0.5) is 5.69 Å². The van der Waals surface area contributed by atoms with Gasteiger partial charge in [-0.05, 0) is 42.3 Å². The smallest absolute Gasteiger partial charge is 0.345 e. The third kappa shape index (κ3) is 5.25. The first kappa shape index (κ1) is 20.2. The Labute approximate surface area is 169 Å². The van der Waals surface area contributed by atoms with E-state index in [0.717, 1.165) is 25.0 Å². The average Bonchev–Trinajstić information content (AvgIpc) is 3.02. The fourth-order valence-corrected chi connectivity index (χ4v) is 2.82. The highest BCUT2D eigenvalue weighted by atomic mass is 16.5. The van der Waals surface area contributed by atoms with Crippen LogP contribution in [-0.2, 0) is 14.3 Å². The summed E-state index contributed by atoms with van der Waals surface area (Å²) < 4.78 is 11.2. The van der Waals surface area contributed by atoms with Crippen molar-refractivity contribution in [2.24, 2.45) is 0 Å². The first-order chi connectivity index (χ1) is 14.1. The van der Waals surface area contributed by atoms with E-state index in [1.807, 2.05) is 18.2 Å². The number of carboxylic acid groups (broad SMARTS) is 1. The SMILES string of the molecule is CCCCCOc1ccc(/C=C2\OC(Nc3ccccc3)=C(C(=O)O)C2=O)cc1. The van der Waals surface area contributed by atoms with Gasteiger partial charge in [0.05, 0.1) is 6.61 Å². The molecule has 2 N–H and O–H groups in total. The van der Waals surface area contributed by atoms with Gasteiger partial charge in [0, 0.05) is 5.69 Å². The van der Waals surface area contributed by atoms with Crippen LogP contribution in [0.2, 0.25) is 0 Å². The Morgan fingerprint density at radius 1 is 1.10 bits per heavy atom. The maximum atomic E-state index is 12.5. The van der Waals surface area contributed by atoms with Crippen molar-refractivity contribution in [2.75, 3.05) is 11.9 Å². The van der Waals surface area contributed by atoms with E-state index in [2.05, 4.69) is 12.2 Å². The summed E-state index contributed by atoms with van der Waals surface area (Å²) >= 11 is 0. The quantitative estimate of drug-likeness (QED) is 0.368. The van der Waals surface area contributed by atoms with E-state index in [0.29, 0.717) is 17.9 Å². The van der Waals surface area contributed by atoms with Crippen molar-refractivity contribution in [1.29, 1.82) is 0 Å². The largest absolute Gasteiger partial charge is 0.494 e. The van der Waals surface area contributed by atoms with Crippen LogP contribution in [0.15, 0.2) is 71.8 Å². The van der Waals surface area contributed by atoms with Crippen molar-refractivity contribution < 1.29 is 24.2 Å². The number of aliphatic carboxylic acids is 1. The molecule has 0 fully saturated rings. The number of allylic oxidation sites excluding steroid dienone is 1. The van der Waals surface area contributed by atoms with Gasteiger partial charge in [0.25, 0.3) is 0 Å². The van der Waals surface area contributed by atoms with Gasteiger partial charge in [0.1, 0.15) is 5.75 Å². The minimum atomic E-state index is -1.34. The number of para-hydroxylation sites is 1. The van der Waals surface area contributed by atoms with Crippen molar-refractivity contribution in [3.05, 3.63) is 77.4 Å². The normalized spacial score (nSPS) is 14.8. The number of benzene rings is 2. The van der Waals surface area contributed by atoms with Gasteiger partial charge in [-0.3, -0.25) is 4.79 Å². The van der Waals surface area contributed by atoms with Crippen molar-refractivity contribution in [2.45, 2.75) is 26.2 Å². The Bertz CT molecular complexity index is 930. The number of carboxylic acids is 1. The van der Waals surface area contributed by atoms with Crippen molar-refractivity contribution in [3.8, 4) is 5.75 Å². The molecule has 1 heterocycles. The molecule has 0 radical (unpaired) electrons. The van der Waals surface area contributed by atoms with Crippen molar-refractivity contribution >= 4 is 23.5 Å². The van der Waals surface area contributed by atoms with Gasteiger partial charge in [-0.15, -0.1) is 0 Å². The monoisotopic (exact) mass is 393 g/mol. The molecule has 0 aromatic heterocycles. The molecule has 2 aromatic rings. The third-order valence-corrected chi connectivity index (χ3v) is 4.33. The lowest BCUT2D eigenvalue weighted by molar-refractivity contribution is -0.134. The molecule has 0 unspecified atom stereocenters. The number of hydrogen-bond donors (Lipinski definition) is 2. The molecule has 0 bridgehead atoms. The van der Waals surface area contributed by atoms with Crippen LogP contribution in [0, 0.1) is 0 Å². The van der Waals surface area contributed by atoms with Crippen LogP contribution in [0.1, 0.15) is 31.7 Å². The van der Waals surface area contributed by atoms with Gasteiger partial charge >= 0.3 is 5.97 Å². The maximum Gasteiger partial charge on any atom is 0.345 e. The van der Waals surface area contributed by atoms with Crippen molar-refractivity contribution in [1.82, 2.24) is 0 Å². The standard InChI is InChI=1S/C23H23NO5/c1-2-3-7-14-28-18-12-10-16(11-13-18)15-19-21(25)20(23(26)27)22(29-19)24-17-8-5-4-6-9-17/h4-6,8-13,15,24H,2-3,7,14H2,1H3,(H,26,27)/b19-15-. The van der Waals surface area contributed by atoms with E-state index in [1.165, 1.54) is 6.08 Å². The Morgan fingerprint density at radius 3 is 2.48 bits per heavy atom. The van der Waals surface area contributed by atoms with Gasteiger partial charge in [-0.25, -0.2) is 4.79 Å². The van der Waals surface area contributed by atoms with Crippen LogP contribution in [0.25, 0.3) is 6.08 Å². The second-order valence-electron chi connectivity index (χ2n) is 6.56. The van der Waals surface area contributed by atoms with E-state index >= 15 is 0 Å². The second-order valence-corrected chi connectivity index (χ2v) is 6.56. The molecule has 0 spiro atoms. The Kier molecular flexibility index (Phi) is 6.68. The summed E-state index contributed by atoms with van der Waals surface area (Å²) in [6.07, 6.45) is 4.79. The van der Waals surface area contributed by atoms with Gasteiger partial charge in [0.2, 0.25) is 11.7 Å². The Hall–Kier alpha value is -3.54. The summed E-state index contributed by atoms with van der Waals surface area (Å²) in [5.74, 6) is -1.39.